The van der Waals surface area contributed by atoms with E-state index in [1.54, 1.807) is 12.4 Å². The Morgan fingerprint density at radius 1 is 0.880 bits per heavy atom. The van der Waals surface area contributed by atoms with E-state index in [4.69, 9.17) is 11.6 Å². The van der Waals surface area contributed by atoms with Crippen LogP contribution in [0.2, 0.25) is 5.02 Å². The number of pyridine rings is 1. The number of benzene rings is 2. The number of halogens is 1. The van der Waals surface area contributed by atoms with Gasteiger partial charge in [-0.2, -0.15) is 0 Å². The van der Waals surface area contributed by atoms with Gasteiger partial charge in [0.1, 0.15) is 0 Å². The summed E-state index contributed by atoms with van der Waals surface area (Å²) in [5, 5.41) is 6.93. The average molecular weight is 352 g/mol. The number of aromatic nitrogens is 1. The number of carbonyl (C=O) groups excluding carboxylic acids is 1. The number of nitrogens with zero attached hydrogens (tertiary/aromatic N) is 1. The molecule has 0 unspecified atom stereocenters. The van der Waals surface area contributed by atoms with Gasteiger partial charge in [0, 0.05) is 36.2 Å². The minimum absolute atomic E-state index is 0.118. The molecule has 1 aromatic heterocycles. The first kappa shape index (κ1) is 17.0. The summed E-state index contributed by atoms with van der Waals surface area (Å²) in [7, 11) is 0. The molecule has 3 aromatic rings. The average Bonchev–Trinajstić information content (AvgIpc) is 2.67. The molecule has 3 rings (SSSR count). The summed E-state index contributed by atoms with van der Waals surface area (Å²) in [5.74, 6) is -0.118. The van der Waals surface area contributed by atoms with Crippen LogP contribution in [0.5, 0.6) is 0 Å². The molecule has 0 aliphatic heterocycles. The Hall–Kier alpha value is -2.85. The van der Waals surface area contributed by atoms with Crippen molar-refractivity contribution in [2.24, 2.45) is 0 Å². The van der Waals surface area contributed by atoms with E-state index in [-0.39, 0.29) is 5.91 Å². The largest absolute Gasteiger partial charge is 0.380 e. The number of para-hydroxylation sites is 1. The maximum atomic E-state index is 12.5. The van der Waals surface area contributed by atoms with E-state index in [0.29, 0.717) is 23.7 Å². The van der Waals surface area contributed by atoms with Crippen molar-refractivity contribution >= 4 is 23.2 Å². The van der Waals surface area contributed by atoms with Crippen molar-refractivity contribution in [3.63, 3.8) is 0 Å². The lowest BCUT2D eigenvalue weighted by Gasteiger charge is -2.12. The predicted octanol–water partition coefficient (Wildman–Crippen LogP) is 4.28. The van der Waals surface area contributed by atoms with Gasteiger partial charge in [-0.3, -0.25) is 9.78 Å². The number of nitrogens with one attached hydrogen (secondary N) is 2. The molecule has 2 N–H and O–H groups in total. The fourth-order valence-electron chi connectivity index (χ4n) is 2.41. The van der Waals surface area contributed by atoms with Crippen LogP contribution in [0.3, 0.4) is 0 Å². The zero-order chi connectivity index (χ0) is 17.5. The first-order chi connectivity index (χ1) is 12.2. The zero-order valence-corrected chi connectivity index (χ0v) is 14.3. The Kier molecular flexibility index (Phi) is 5.65. The van der Waals surface area contributed by atoms with Gasteiger partial charge >= 0.3 is 0 Å². The summed E-state index contributed by atoms with van der Waals surface area (Å²) in [6.07, 6.45) is 3.50. The second-order valence-corrected chi connectivity index (χ2v) is 6.00. The van der Waals surface area contributed by atoms with Crippen LogP contribution in [0.4, 0.5) is 5.69 Å². The van der Waals surface area contributed by atoms with Crippen LogP contribution < -0.4 is 10.6 Å². The second kappa shape index (κ2) is 8.31. The smallest absolute Gasteiger partial charge is 0.253 e. The molecule has 0 aliphatic carbocycles. The molecule has 0 aliphatic rings. The lowest BCUT2D eigenvalue weighted by atomic mass is 10.1. The minimum atomic E-state index is -0.118. The molecule has 0 saturated heterocycles. The van der Waals surface area contributed by atoms with Crippen molar-refractivity contribution in [3.8, 4) is 0 Å². The van der Waals surface area contributed by atoms with Crippen LogP contribution in [0.15, 0.2) is 73.1 Å². The molecular weight excluding hydrogens is 334 g/mol. The molecule has 4 nitrogen and oxygen atoms in total. The van der Waals surface area contributed by atoms with Crippen molar-refractivity contribution in [2.75, 3.05) is 5.32 Å². The van der Waals surface area contributed by atoms with E-state index in [2.05, 4.69) is 15.6 Å². The number of rotatable bonds is 6. The summed E-state index contributed by atoms with van der Waals surface area (Å²) in [6.45, 7) is 1.08. The topological polar surface area (TPSA) is 54.0 Å². The molecule has 5 heteroatoms. The lowest BCUT2D eigenvalue weighted by molar-refractivity contribution is 0.0951. The third-order valence-corrected chi connectivity index (χ3v) is 4.02. The molecule has 25 heavy (non-hydrogen) atoms. The number of anilines is 1. The van der Waals surface area contributed by atoms with Crippen LogP contribution >= 0.6 is 11.6 Å². The molecule has 0 atom stereocenters. The number of hydrogen-bond acceptors (Lipinski definition) is 3. The maximum Gasteiger partial charge on any atom is 0.253 e. The van der Waals surface area contributed by atoms with Gasteiger partial charge in [0.15, 0.2) is 0 Å². The van der Waals surface area contributed by atoms with Gasteiger partial charge in [0.05, 0.1) is 5.56 Å². The van der Waals surface area contributed by atoms with Gasteiger partial charge in [-0.15, -0.1) is 0 Å². The molecule has 1 amide bonds. The normalized spacial score (nSPS) is 10.3. The van der Waals surface area contributed by atoms with Crippen molar-refractivity contribution in [1.29, 1.82) is 0 Å². The highest BCUT2D eigenvalue weighted by Gasteiger charge is 2.10. The Labute approximate surface area is 151 Å². The van der Waals surface area contributed by atoms with Gasteiger partial charge in [0.2, 0.25) is 0 Å². The number of carbonyl (C=O) groups is 1. The summed E-state index contributed by atoms with van der Waals surface area (Å²) >= 11 is 5.88. The lowest BCUT2D eigenvalue weighted by Crippen LogP contribution is -2.23. The minimum Gasteiger partial charge on any atom is -0.380 e. The summed E-state index contributed by atoms with van der Waals surface area (Å²) < 4.78 is 0. The van der Waals surface area contributed by atoms with E-state index in [0.717, 1.165) is 16.8 Å². The SMILES string of the molecule is O=C(NCc1ccc(Cl)cc1)c1ccccc1NCc1ccncc1. The van der Waals surface area contributed by atoms with E-state index in [9.17, 15) is 4.79 Å². The van der Waals surface area contributed by atoms with Gasteiger partial charge in [-0.1, -0.05) is 35.9 Å². The Morgan fingerprint density at radius 3 is 2.32 bits per heavy atom. The fraction of sp³-hybridized carbons (Fsp3) is 0.100. The molecule has 0 spiro atoms. The first-order valence-electron chi connectivity index (χ1n) is 7.97. The van der Waals surface area contributed by atoms with Crippen LogP contribution in [0.1, 0.15) is 21.5 Å². The summed E-state index contributed by atoms with van der Waals surface area (Å²) in [6, 6.07) is 18.8. The Bertz CT molecular complexity index is 835. The van der Waals surface area contributed by atoms with Crippen molar-refractivity contribution in [1.82, 2.24) is 10.3 Å². The van der Waals surface area contributed by atoms with Crippen LogP contribution in [0.25, 0.3) is 0 Å². The van der Waals surface area contributed by atoms with Crippen molar-refractivity contribution in [3.05, 3.63) is 94.8 Å². The van der Waals surface area contributed by atoms with E-state index < -0.39 is 0 Å². The van der Waals surface area contributed by atoms with Gasteiger partial charge in [0.25, 0.3) is 5.91 Å². The van der Waals surface area contributed by atoms with E-state index >= 15 is 0 Å². The molecule has 0 fully saturated rings. The van der Waals surface area contributed by atoms with Crippen molar-refractivity contribution < 1.29 is 4.79 Å². The molecule has 126 valence electrons. The van der Waals surface area contributed by atoms with Crippen LogP contribution in [-0.4, -0.2) is 10.9 Å². The van der Waals surface area contributed by atoms with Gasteiger partial charge in [-0.25, -0.2) is 0 Å². The highest BCUT2D eigenvalue weighted by molar-refractivity contribution is 6.30. The molecule has 0 radical (unpaired) electrons. The van der Waals surface area contributed by atoms with E-state index in [1.807, 2.05) is 60.7 Å². The molecule has 0 saturated carbocycles. The summed E-state index contributed by atoms with van der Waals surface area (Å²) in [5.41, 5.74) is 3.52. The Morgan fingerprint density at radius 2 is 1.56 bits per heavy atom. The molecule has 0 bridgehead atoms. The third kappa shape index (κ3) is 4.81. The number of amides is 1. The zero-order valence-electron chi connectivity index (χ0n) is 13.6. The third-order valence-electron chi connectivity index (χ3n) is 3.77. The number of hydrogen-bond donors (Lipinski definition) is 2. The first-order valence-corrected chi connectivity index (χ1v) is 8.34. The predicted molar refractivity (Wildman–Crippen MR) is 101 cm³/mol. The molecule has 1 heterocycles. The van der Waals surface area contributed by atoms with Gasteiger partial charge < -0.3 is 10.6 Å². The van der Waals surface area contributed by atoms with Crippen LogP contribution in [-0.2, 0) is 13.1 Å². The fourth-order valence-corrected chi connectivity index (χ4v) is 2.54. The molecule has 2 aromatic carbocycles. The van der Waals surface area contributed by atoms with Crippen LogP contribution in [0, 0.1) is 0 Å². The highest BCUT2D eigenvalue weighted by Crippen LogP contribution is 2.16. The standard InChI is InChI=1S/C20H18ClN3O/c21-17-7-5-15(6-8-17)14-24-20(25)18-3-1-2-4-19(18)23-13-16-9-11-22-12-10-16/h1-12,23H,13-14H2,(H,24,25). The van der Waals surface area contributed by atoms with E-state index in [1.165, 1.54) is 0 Å². The van der Waals surface area contributed by atoms with Gasteiger partial charge in [-0.05, 0) is 47.5 Å². The quantitative estimate of drug-likeness (QED) is 0.697. The van der Waals surface area contributed by atoms with Crippen molar-refractivity contribution in [2.45, 2.75) is 13.1 Å². The molecular formula is C20H18ClN3O. The summed E-state index contributed by atoms with van der Waals surface area (Å²) in [4.78, 5) is 16.5. The highest BCUT2D eigenvalue weighted by atomic mass is 35.5. The maximum absolute atomic E-state index is 12.5. The Balaban J connectivity index is 1.64. The monoisotopic (exact) mass is 351 g/mol. The second-order valence-electron chi connectivity index (χ2n) is 5.56.